The van der Waals surface area contributed by atoms with E-state index in [9.17, 15) is 4.79 Å². The maximum atomic E-state index is 12.7. The predicted molar refractivity (Wildman–Crippen MR) is 150 cm³/mol. The van der Waals surface area contributed by atoms with Crippen molar-refractivity contribution < 1.29 is 4.79 Å². The number of pyridine rings is 1. The molecule has 0 radical (unpaired) electrons. The SMILES string of the molecule is CCC(CC)CCNC(=O)c1ccc(C)c(C#Cc2cc(Nc3csc(N)n3)nc3ccccc23)c1. The molecule has 2 aromatic carbocycles. The minimum absolute atomic E-state index is 0.0626. The molecule has 0 saturated heterocycles. The van der Waals surface area contributed by atoms with E-state index in [0.29, 0.717) is 34.8 Å². The van der Waals surface area contributed by atoms with Gasteiger partial charge in [-0.25, -0.2) is 9.97 Å². The molecule has 0 aliphatic heterocycles. The molecule has 0 atom stereocenters. The van der Waals surface area contributed by atoms with Crippen LogP contribution in [0.2, 0.25) is 0 Å². The van der Waals surface area contributed by atoms with Crippen LogP contribution in [-0.2, 0) is 0 Å². The van der Waals surface area contributed by atoms with Crippen molar-refractivity contribution in [3.63, 3.8) is 0 Å². The standard InChI is InChI=1S/C29H31N5OS/c1-4-20(5-2)14-15-31-28(35)23-11-10-19(3)21(16-23)12-13-22-17-26(33-27-18-36-29(30)34-27)32-25-9-7-6-8-24(22)25/h6-11,16-18,20H,4-5,14-15H2,1-3H3,(H2,30,34)(H,31,35)(H,32,33). The number of rotatable bonds is 8. The van der Waals surface area contributed by atoms with Gasteiger partial charge in [-0.05, 0) is 49.1 Å². The lowest BCUT2D eigenvalue weighted by molar-refractivity contribution is 0.0951. The minimum atomic E-state index is -0.0626. The summed E-state index contributed by atoms with van der Waals surface area (Å²) in [6.07, 6.45) is 3.26. The molecule has 0 fully saturated rings. The van der Waals surface area contributed by atoms with Crippen LogP contribution in [0.4, 0.5) is 16.8 Å². The molecule has 36 heavy (non-hydrogen) atoms. The van der Waals surface area contributed by atoms with Gasteiger partial charge in [0.1, 0.15) is 11.6 Å². The number of hydrogen-bond donors (Lipinski definition) is 3. The van der Waals surface area contributed by atoms with Crippen molar-refractivity contribution in [2.75, 3.05) is 17.6 Å². The van der Waals surface area contributed by atoms with Gasteiger partial charge in [0.15, 0.2) is 5.13 Å². The molecule has 184 valence electrons. The number of benzene rings is 2. The maximum Gasteiger partial charge on any atom is 0.251 e. The highest BCUT2D eigenvalue weighted by Gasteiger charge is 2.10. The molecule has 0 aliphatic carbocycles. The molecule has 4 rings (SSSR count). The average Bonchev–Trinajstić information content (AvgIpc) is 3.30. The zero-order valence-electron chi connectivity index (χ0n) is 20.9. The van der Waals surface area contributed by atoms with Gasteiger partial charge in [-0.15, -0.1) is 11.3 Å². The Bertz CT molecular complexity index is 1430. The summed E-state index contributed by atoms with van der Waals surface area (Å²) >= 11 is 1.37. The molecule has 2 aromatic heterocycles. The van der Waals surface area contributed by atoms with Crippen molar-refractivity contribution in [3.8, 4) is 11.8 Å². The monoisotopic (exact) mass is 497 g/mol. The van der Waals surface area contributed by atoms with Crippen LogP contribution in [0.5, 0.6) is 0 Å². The lowest BCUT2D eigenvalue weighted by Gasteiger charge is -2.12. The van der Waals surface area contributed by atoms with E-state index in [1.165, 1.54) is 11.3 Å². The second-order valence-electron chi connectivity index (χ2n) is 8.77. The van der Waals surface area contributed by atoms with Crippen molar-refractivity contribution in [3.05, 3.63) is 76.2 Å². The molecule has 6 nitrogen and oxygen atoms in total. The molecule has 2 heterocycles. The molecule has 0 saturated carbocycles. The second-order valence-corrected chi connectivity index (χ2v) is 9.66. The van der Waals surface area contributed by atoms with E-state index in [1.54, 1.807) is 0 Å². The van der Waals surface area contributed by atoms with Crippen LogP contribution in [0, 0.1) is 24.7 Å². The number of anilines is 3. The highest BCUT2D eigenvalue weighted by molar-refractivity contribution is 7.13. The fourth-order valence-corrected chi connectivity index (χ4v) is 4.54. The third-order valence-corrected chi connectivity index (χ3v) is 6.99. The summed E-state index contributed by atoms with van der Waals surface area (Å²) in [5.41, 5.74) is 9.90. The molecular weight excluding hydrogens is 466 g/mol. The normalized spacial score (nSPS) is 10.8. The number of hydrogen-bond acceptors (Lipinski definition) is 6. The van der Waals surface area contributed by atoms with Gasteiger partial charge in [-0.1, -0.05) is 62.8 Å². The van der Waals surface area contributed by atoms with E-state index < -0.39 is 0 Å². The van der Waals surface area contributed by atoms with E-state index in [-0.39, 0.29) is 5.91 Å². The van der Waals surface area contributed by atoms with Crippen molar-refractivity contribution in [1.29, 1.82) is 0 Å². The summed E-state index contributed by atoms with van der Waals surface area (Å²) in [7, 11) is 0. The fourth-order valence-electron chi connectivity index (χ4n) is 4.04. The van der Waals surface area contributed by atoms with E-state index in [4.69, 9.17) is 10.7 Å². The van der Waals surface area contributed by atoms with Crippen molar-refractivity contribution in [2.24, 2.45) is 5.92 Å². The van der Waals surface area contributed by atoms with Gasteiger partial charge in [0.25, 0.3) is 5.91 Å². The van der Waals surface area contributed by atoms with Gasteiger partial charge in [0, 0.05) is 34.0 Å². The van der Waals surface area contributed by atoms with E-state index in [0.717, 1.165) is 46.9 Å². The number of nitrogen functional groups attached to an aromatic ring is 1. The Balaban J connectivity index is 1.59. The number of fused-ring (bicyclic) bond motifs is 1. The smallest absolute Gasteiger partial charge is 0.251 e. The molecule has 0 bridgehead atoms. The van der Waals surface area contributed by atoms with Crippen molar-refractivity contribution in [2.45, 2.75) is 40.0 Å². The molecule has 0 spiro atoms. The zero-order valence-corrected chi connectivity index (χ0v) is 21.7. The zero-order chi connectivity index (χ0) is 25.5. The number of carbonyl (C=O) groups excluding carboxylic acids is 1. The van der Waals surface area contributed by atoms with Gasteiger partial charge in [-0.2, -0.15) is 0 Å². The minimum Gasteiger partial charge on any atom is -0.375 e. The van der Waals surface area contributed by atoms with Crippen LogP contribution < -0.4 is 16.4 Å². The van der Waals surface area contributed by atoms with E-state index in [1.807, 2.05) is 60.8 Å². The third-order valence-electron chi connectivity index (χ3n) is 6.32. The number of para-hydroxylation sites is 1. The highest BCUT2D eigenvalue weighted by atomic mass is 32.1. The molecular formula is C29H31N5OS. The summed E-state index contributed by atoms with van der Waals surface area (Å²) in [4.78, 5) is 21.7. The van der Waals surface area contributed by atoms with Crippen LogP contribution in [0.15, 0.2) is 53.9 Å². The number of carbonyl (C=O) groups is 1. The second kappa shape index (κ2) is 11.7. The number of aromatic nitrogens is 2. The van der Waals surface area contributed by atoms with Gasteiger partial charge < -0.3 is 16.4 Å². The first kappa shape index (κ1) is 25.2. The van der Waals surface area contributed by atoms with Crippen LogP contribution in [0.3, 0.4) is 0 Å². The van der Waals surface area contributed by atoms with E-state index >= 15 is 0 Å². The first-order chi connectivity index (χ1) is 17.5. The van der Waals surface area contributed by atoms with Gasteiger partial charge in [0.05, 0.1) is 5.52 Å². The van der Waals surface area contributed by atoms with Gasteiger partial charge in [0.2, 0.25) is 0 Å². The summed E-state index contributed by atoms with van der Waals surface area (Å²) in [5.74, 6) is 8.47. The topological polar surface area (TPSA) is 92.9 Å². The Hall–Kier alpha value is -3.89. The molecule has 0 aliphatic rings. The third kappa shape index (κ3) is 6.21. The molecule has 4 N–H and O–H groups in total. The lowest BCUT2D eigenvalue weighted by Crippen LogP contribution is -2.26. The van der Waals surface area contributed by atoms with E-state index in [2.05, 4.69) is 41.3 Å². The summed E-state index contributed by atoms with van der Waals surface area (Å²) in [6.45, 7) is 7.08. The van der Waals surface area contributed by atoms with Crippen LogP contribution in [0.25, 0.3) is 10.9 Å². The van der Waals surface area contributed by atoms with Crippen LogP contribution in [0.1, 0.15) is 60.2 Å². The molecule has 0 unspecified atom stereocenters. The Morgan fingerprint density at radius 1 is 1.03 bits per heavy atom. The number of nitrogens with two attached hydrogens (primary N) is 1. The number of nitrogens with zero attached hydrogens (tertiary/aromatic N) is 2. The van der Waals surface area contributed by atoms with Crippen molar-refractivity contribution >= 4 is 44.9 Å². The summed E-state index contributed by atoms with van der Waals surface area (Å²) in [5, 5.41) is 9.57. The predicted octanol–water partition coefficient (Wildman–Crippen LogP) is 6.28. The quantitative estimate of drug-likeness (QED) is 0.249. The maximum absolute atomic E-state index is 12.7. The summed E-state index contributed by atoms with van der Waals surface area (Å²) < 4.78 is 0. The molecule has 7 heteroatoms. The molecule has 4 aromatic rings. The largest absolute Gasteiger partial charge is 0.375 e. The summed E-state index contributed by atoms with van der Waals surface area (Å²) in [6, 6.07) is 15.5. The fraction of sp³-hybridized carbons (Fsp3) is 0.276. The van der Waals surface area contributed by atoms with Crippen molar-refractivity contribution in [1.82, 2.24) is 15.3 Å². The Labute approximate surface area is 216 Å². The van der Waals surface area contributed by atoms with Gasteiger partial charge >= 0.3 is 0 Å². The number of nitrogens with one attached hydrogen (secondary N) is 2. The number of amides is 1. The van der Waals surface area contributed by atoms with Gasteiger partial charge in [-0.3, -0.25) is 4.79 Å². The van der Waals surface area contributed by atoms with Crippen LogP contribution >= 0.6 is 11.3 Å². The lowest BCUT2D eigenvalue weighted by atomic mass is 9.99. The average molecular weight is 498 g/mol. The highest BCUT2D eigenvalue weighted by Crippen LogP contribution is 2.24. The number of aryl methyl sites for hydroxylation is 1. The Morgan fingerprint density at radius 2 is 1.81 bits per heavy atom. The first-order valence-corrected chi connectivity index (χ1v) is 13.1. The first-order valence-electron chi connectivity index (χ1n) is 12.3. The molecule has 1 amide bonds. The Kier molecular flexibility index (Phi) is 8.19. The Morgan fingerprint density at radius 3 is 2.56 bits per heavy atom. The number of thiazole rings is 1. The van der Waals surface area contributed by atoms with Crippen LogP contribution in [-0.4, -0.2) is 22.4 Å².